The first-order chi connectivity index (χ1) is 18.2. The Morgan fingerprint density at radius 3 is 1.55 bits per heavy atom. The van der Waals surface area contributed by atoms with Gasteiger partial charge in [-0.15, -0.1) is 0 Å². The molecule has 0 spiro atoms. The fraction of sp³-hybridized carbons (Fsp3) is 0.133. The summed E-state index contributed by atoms with van der Waals surface area (Å²) in [5, 5.41) is 29.6. The van der Waals surface area contributed by atoms with Gasteiger partial charge in [0.05, 0.1) is 26.4 Å². The Kier molecular flexibility index (Phi) is 9.31. The SMILES string of the molecule is CCOc1cc(C=C(C(=O)/C=C/c2ccc(O)c(OC)c2)C(=O)/C=C/c2ccc(O)c(OC)c2)ccc1O. The van der Waals surface area contributed by atoms with E-state index in [1.807, 2.05) is 0 Å². The monoisotopic (exact) mass is 516 g/mol. The molecule has 0 aliphatic rings. The average molecular weight is 517 g/mol. The van der Waals surface area contributed by atoms with Crippen LogP contribution in [0.2, 0.25) is 0 Å². The average Bonchev–Trinajstić information content (AvgIpc) is 2.92. The lowest BCUT2D eigenvalue weighted by Gasteiger charge is -2.07. The van der Waals surface area contributed by atoms with Gasteiger partial charge in [0.1, 0.15) is 0 Å². The van der Waals surface area contributed by atoms with E-state index in [0.29, 0.717) is 23.3 Å². The van der Waals surface area contributed by atoms with Crippen LogP contribution in [0.25, 0.3) is 18.2 Å². The number of hydrogen-bond acceptors (Lipinski definition) is 8. The molecule has 196 valence electrons. The summed E-state index contributed by atoms with van der Waals surface area (Å²) >= 11 is 0. The van der Waals surface area contributed by atoms with Crippen LogP contribution in [-0.4, -0.2) is 47.7 Å². The van der Waals surface area contributed by atoms with E-state index < -0.39 is 11.6 Å². The fourth-order valence-electron chi connectivity index (χ4n) is 3.44. The highest BCUT2D eigenvalue weighted by Gasteiger charge is 2.15. The molecule has 3 N–H and O–H groups in total. The summed E-state index contributed by atoms with van der Waals surface area (Å²) in [4.78, 5) is 26.4. The Morgan fingerprint density at radius 1 is 0.684 bits per heavy atom. The summed E-state index contributed by atoms with van der Waals surface area (Å²) in [5.74, 6) is -0.579. The van der Waals surface area contributed by atoms with Gasteiger partial charge in [-0.1, -0.05) is 30.4 Å². The number of methoxy groups -OCH3 is 2. The summed E-state index contributed by atoms with van der Waals surface area (Å²) < 4.78 is 15.6. The van der Waals surface area contributed by atoms with Crippen LogP contribution >= 0.6 is 0 Å². The van der Waals surface area contributed by atoms with E-state index in [4.69, 9.17) is 14.2 Å². The van der Waals surface area contributed by atoms with Crippen molar-refractivity contribution >= 4 is 29.8 Å². The zero-order chi connectivity index (χ0) is 27.7. The van der Waals surface area contributed by atoms with E-state index >= 15 is 0 Å². The molecule has 0 atom stereocenters. The highest BCUT2D eigenvalue weighted by Crippen LogP contribution is 2.29. The number of ether oxygens (including phenoxy) is 3. The Bertz CT molecular complexity index is 1340. The Balaban J connectivity index is 1.98. The molecule has 0 heterocycles. The third-order valence-corrected chi connectivity index (χ3v) is 5.39. The molecule has 0 amide bonds. The predicted octanol–water partition coefficient (Wildman–Crippen LogP) is 5.17. The highest BCUT2D eigenvalue weighted by atomic mass is 16.5. The van der Waals surface area contributed by atoms with Gasteiger partial charge < -0.3 is 29.5 Å². The normalized spacial score (nSPS) is 10.9. The number of allylic oxidation sites excluding steroid dienone is 3. The largest absolute Gasteiger partial charge is 0.504 e. The molecule has 3 rings (SSSR count). The van der Waals surface area contributed by atoms with Gasteiger partial charge in [0.2, 0.25) is 0 Å². The lowest BCUT2D eigenvalue weighted by atomic mass is 10.0. The van der Waals surface area contributed by atoms with Crippen molar-refractivity contribution in [3.8, 4) is 34.5 Å². The third kappa shape index (κ3) is 7.04. The highest BCUT2D eigenvalue weighted by molar-refractivity contribution is 6.31. The van der Waals surface area contributed by atoms with Crippen LogP contribution in [0.4, 0.5) is 0 Å². The van der Waals surface area contributed by atoms with Gasteiger partial charge >= 0.3 is 0 Å². The first kappa shape index (κ1) is 27.6. The van der Waals surface area contributed by atoms with Crippen molar-refractivity contribution < 1.29 is 39.1 Å². The lowest BCUT2D eigenvalue weighted by molar-refractivity contribution is -0.116. The molecule has 8 nitrogen and oxygen atoms in total. The maximum absolute atomic E-state index is 13.2. The van der Waals surface area contributed by atoms with Gasteiger partial charge in [-0.3, -0.25) is 9.59 Å². The van der Waals surface area contributed by atoms with Gasteiger partial charge in [-0.25, -0.2) is 0 Å². The Hall–Kier alpha value is -4.98. The van der Waals surface area contributed by atoms with Crippen LogP contribution in [0.1, 0.15) is 23.6 Å². The molecule has 38 heavy (non-hydrogen) atoms. The summed E-state index contributed by atoms with van der Waals surface area (Å²) in [6.07, 6.45) is 6.91. The Labute approximate surface area is 220 Å². The molecule has 0 fully saturated rings. The number of rotatable bonds is 11. The minimum Gasteiger partial charge on any atom is -0.504 e. The van der Waals surface area contributed by atoms with Gasteiger partial charge in [-0.2, -0.15) is 0 Å². The molecule has 8 heteroatoms. The van der Waals surface area contributed by atoms with Crippen LogP contribution in [0.3, 0.4) is 0 Å². The molecule has 0 bridgehead atoms. The number of aromatic hydroxyl groups is 3. The molecule has 0 aliphatic carbocycles. The van der Waals surface area contributed by atoms with Gasteiger partial charge in [0.25, 0.3) is 0 Å². The van der Waals surface area contributed by atoms with Crippen LogP contribution in [0, 0.1) is 0 Å². The van der Waals surface area contributed by atoms with Crippen molar-refractivity contribution in [2.45, 2.75) is 6.92 Å². The van der Waals surface area contributed by atoms with Crippen molar-refractivity contribution in [2.24, 2.45) is 0 Å². The second kappa shape index (κ2) is 12.8. The van der Waals surface area contributed by atoms with Gasteiger partial charge in [0.15, 0.2) is 46.1 Å². The van der Waals surface area contributed by atoms with E-state index in [0.717, 1.165) is 0 Å². The molecule has 0 unspecified atom stereocenters. The minimum absolute atomic E-state index is 0.0415. The number of benzene rings is 3. The molecule has 0 aliphatic heterocycles. The molecule has 0 saturated heterocycles. The van der Waals surface area contributed by atoms with E-state index in [1.54, 1.807) is 37.3 Å². The minimum atomic E-state index is -0.569. The number of phenolic OH excluding ortho intramolecular Hbond substituents is 3. The van der Waals surface area contributed by atoms with Crippen LogP contribution in [-0.2, 0) is 9.59 Å². The van der Waals surface area contributed by atoms with Gasteiger partial charge in [0, 0.05) is 0 Å². The number of phenols is 3. The molecule has 0 aromatic heterocycles. The first-order valence-corrected chi connectivity index (χ1v) is 11.6. The summed E-state index contributed by atoms with van der Waals surface area (Å²) in [6, 6.07) is 13.7. The van der Waals surface area contributed by atoms with E-state index in [1.165, 1.54) is 68.9 Å². The second-order valence-electron chi connectivity index (χ2n) is 7.98. The zero-order valence-electron chi connectivity index (χ0n) is 21.2. The fourth-order valence-corrected chi connectivity index (χ4v) is 3.44. The number of ketones is 2. The smallest absolute Gasteiger partial charge is 0.189 e. The van der Waals surface area contributed by atoms with Crippen LogP contribution in [0.15, 0.2) is 72.3 Å². The van der Waals surface area contributed by atoms with E-state index in [9.17, 15) is 24.9 Å². The second-order valence-corrected chi connectivity index (χ2v) is 7.98. The van der Waals surface area contributed by atoms with E-state index in [2.05, 4.69) is 0 Å². The predicted molar refractivity (Wildman–Crippen MR) is 145 cm³/mol. The van der Waals surface area contributed by atoms with Crippen molar-refractivity contribution in [1.82, 2.24) is 0 Å². The van der Waals surface area contributed by atoms with Crippen LogP contribution < -0.4 is 14.2 Å². The van der Waals surface area contributed by atoms with Gasteiger partial charge in [-0.05, 0) is 78.2 Å². The summed E-state index contributed by atoms with van der Waals surface area (Å²) in [5.41, 5.74) is 1.49. The Morgan fingerprint density at radius 2 is 1.11 bits per heavy atom. The molecule has 3 aromatic rings. The summed E-state index contributed by atoms with van der Waals surface area (Å²) in [6.45, 7) is 2.09. The molecule has 3 aromatic carbocycles. The summed E-state index contributed by atoms with van der Waals surface area (Å²) in [7, 11) is 2.83. The van der Waals surface area contributed by atoms with Crippen molar-refractivity contribution in [3.63, 3.8) is 0 Å². The molecular weight excluding hydrogens is 488 g/mol. The quantitative estimate of drug-likeness (QED) is 0.181. The lowest BCUT2D eigenvalue weighted by Crippen LogP contribution is -2.08. The standard InChI is InChI=1S/C30H28O8/c1-4-38-30-18-21(9-14-27(30)35)15-22(23(31)10-5-19-7-12-25(33)28(16-19)36-2)24(32)11-6-20-8-13-26(34)29(17-20)37-3/h5-18,33-35H,4H2,1-3H3/b10-5+,11-6+. The van der Waals surface area contributed by atoms with E-state index in [-0.39, 0.29) is 40.1 Å². The topological polar surface area (TPSA) is 123 Å². The zero-order valence-corrected chi connectivity index (χ0v) is 21.2. The van der Waals surface area contributed by atoms with Crippen molar-refractivity contribution in [2.75, 3.05) is 20.8 Å². The number of hydrogen-bond donors (Lipinski definition) is 3. The van der Waals surface area contributed by atoms with Crippen LogP contribution in [0.5, 0.6) is 34.5 Å². The third-order valence-electron chi connectivity index (χ3n) is 5.39. The number of carbonyl (C=O) groups is 2. The maximum Gasteiger partial charge on any atom is 0.189 e. The maximum atomic E-state index is 13.2. The first-order valence-electron chi connectivity index (χ1n) is 11.6. The van der Waals surface area contributed by atoms with Crippen molar-refractivity contribution in [3.05, 3.63) is 89.0 Å². The van der Waals surface area contributed by atoms with Crippen molar-refractivity contribution in [1.29, 1.82) is 0 Å². The molecular formula is C30H28O8. The molecule has 0 saturated carbocycles. The molecule has 0 radical (unpaired) electrons. The number of carbonyl (C=O) groups excluding carboxylic acids is 2.